The molecule has 0 amide bonds. The number of benzene rings is 6. The molecule has 2 aromatic heterocycles. The van der Waals surface area contributed by atoms with Crippen molar-refractivity contribution in [2.75, 3.05) is 0 Å². The molecule has 4 nitrogen and oxygen atoms in total. The zero-order valence-corrected chi connectivity index (χ0v) is 21.3. The Labute approximate surface area is 230 Å². The number of hydrogen-bond donors (Lipinski definition) is 0. The van der Waals surface area contributed by atoms with Crippen LogP contribution in [0, 0.1) is 17.9 Å². The summed E-state index contributed by atoms with van der Waals surface area (Å²) >= 11 is 0. The molecule has 8 aromatic rings. The molecular formula is C36H20N4. The summed E-state index contributed by atoms with van der Waals surface area (Å²) in [4.78, 5) is 3.54. The predicted molar refractivity (Wildman–Crippen MR) is 164 cm³/mol. The highest BCUT2D eigenvalue weighted by Crippen LogP contribution is 2.40. The Kier molecular flexibility index (Phi) is 4.62. The Morgan fingerprint density at radius 1 is 0.575 bits per heavy atom. The minimum absolute atomic E-state index is 0.458. The summed E-state index contributed by atoms with van der Waals surface area (Å²) in [7, 11) is 0. The van der Waals surface area contributed by atoms with Gasteiger partial charge in [-0.2, -0.15) is 5.26 Å². The molecule has 6 aromatic carbocycles. The first-order valence-electron chi connectivity index (χ1n) is 13.1. The van der Waals surface area contributed by atoms with E-state index in [1.807, 2.05) is 6.07 Å². The van der Waals surface area contributed by atoms with E-state index < -0.39 is 0 Å². The molecule has 0 aliphatic heterocycles. The lowest BCUT2D eigenvalue weighted by Crippen LogP contribution is -1.98. The maximum atomic E-state index is 10.1. The molecule has 0 saturated heterocycles. The van der Waals surface area contributed by atoms with Gasteiger partial charge in [-0.3, -0.25) is 0 Å². The van der Waals surface area contributed by atoms with Crippen molar-refractivity contribution < 1.29 is 0 Å². The van der Waals surface area contributed by atoms with Crippen LogP contribution >= 0.6 is 0 Å². The molecule has 0 unspecified atom stereocenters. The van der Waals surface area contributed by atoms with Crippen molar-refractivity contribution in [2.45, 2.75) is 0 Å². The second-order valence-corrected chi connectivity index (χ2v) is 10.0. The first kappa shape index (κ1) is 22.2. The maximum absolute atomic E-state index is 10.1. The van der Waals surface area contributed by atoms with Crippen molar-refractivity contribution in [3.8, 4) is 17.4 Å². The van der Waals surface area contributed by atoms with Crippen molar-refractivity contribution >= 4 is 60.1 Å². The van der Waals surface area contributed by atoms with Crippen LogP contribution in [-0.4, -0.2) is 9.13 Å². The summed E-state index contributed by atoms with van der Waals surface area (Å²) < 4.78 is 4.50. The molecule has 0 radical (unpaired) electrons. The minimum atomic E-state index is 0.458. The molecule has 0 atom stereocenters. The highest BCUT2D eigenvalue weighted by Gasteiger charge is 2.19. The van der Waals surface area contributed by atoms with Crippen molar-refractivity contribution in [1.29, 1.82) is 5.26 Å². The van der Waals surface area contributed by atoms with Gasteiger partial charge in [0.25, 0.3) is 0 Å². The van der Waals surface area contributed by atoms with E-state index in [9.17, 15) is 5.26 Å². The lowest BCUT2D eigenvalue weighted by molar-refractivity contribution is 1.16. The molecule has 2 heterocycles. The molecule has 40 heavy (non-hydrogen) atoms. The standard InChI is InChI=1S/C36H20N4/c1-38-25-15-18-31(24(20-25)22-37)40-34-19-16-26(21-30(34)36-27-9-3-2-8-23(27)14-17-35(36)40)39-32-12-6-4-10-28(32)29-11-5-7-13-33(29)39/h2-21H. The van der Waals surface area contributed by atoms with Crippen LogP contribution in [0.1, 0.15) is 5.56 Å². The van der Waals surface area contributed by atoms with E-state index in [2.05, 4.69) is 123 Å². The zero-order chi connectivity index (χ0) is 26.8. The molecule has 0 aliphatic carbocycles. The fourth-order valence-electron chi connectivity index (χ4n) is 6.26. The maximum Gasteiger partial charge on any atom is 0.188 e. The number of para-hydroxylation sites is 2. The van der Waals surface area contributed by atoms with E-state index in [-0.39, 0.29) is 0 Å². The molecule has 184 valence electrons. The lowest BCUT2D eigenvalue weighted by atomic mass is 10.0. The van der Waals surface area contributed by atoms with Crippen LogP contribution in [0.15, 0.2) is 121 Å². The number of hydrogen-bond acceptors (Lipinski definition) is 1. The average Bonchev–Trinajstić information content (AvgIpc) is 3.53. The van der Waals surface area contributed by atoms with Crippen LogP contribution in [0.5, 0.6) is 0 Å². The molecule has 8 rings (SSSR count). The van der Waals surface area contributed by atoms with Crippen LogP contribution in [-0.2, 0) is 0 Å². The Morgan fingerprint density at radius 3 is 1.95 bits per heavy atom. The highest BCUT2D eigenvalue weighted by molar-refractivity contribution is 6.22. The monoisotopic (exact) mass is 508 g/mol. The van der Waals surface area contributed by atoms with Gasteiger partial charge in [0.15, 0.2) is 5.69 Å². The van der Waals surface area contributed by atoms with E-state index in [1.54, 1.807) is 12.1 Å². The summed E-state index contributed by atoms with van der Waals surface area (Å²) in [6.45, 7) is 7.43. The van der Waals surface area contributed by atoms with Crippen LogP contribution in [0.2, 0.25) is 0 Å². The van der Waals surface area contributed by atoms with E-state index in [0.29, 0.717) is 11.3 Å². The van der Waals surface area contributed by atoms with E-state index >= 15 is 0 Å². The molecular weight excluding hydrogens is 488 g/mol. The fraction of sp³-hybridized carbons (Fsp3) is 0. The van der Waals surface area contributed by atoms with Gasteiger partial charge in [-0.25, -0.2) is 4.85 Å². The topological polar surface area (TPSA) is 38.0 Å². The summed E-state index contributed by atoms with van der Waals surface area (Å²) in [6, 6.07) is 44.1. The van der Waals surface area contributed by atoms with Crippen molar-refractivity contribution in [2.24, 2.45) is 0 Å². The zero-order valence-electron chi connectivity index (χ0n) is 21.3. The summed E-state index contributed by atoms with van der Waals surface area (Å²) in [5.41, 5.74) is 7.17. The third-order valence-electron chi connectivity index (χ3n) is 7.95. The molecule has 0 N–H and O–H groups in total. The largest absolute Gasteiger partial charge is 0.309 e. The number of rotatable bonds is 2. The van der Waals surface area contributed by atoms with Crippen molar-refractivity contribution in [3.63, 3.8) is 0 Å². The summed E-state index contributed by atoms with van der Waals surface area (Å²) in [6.07, 6.45) is 0. The van der Waals surface area contributed by atoms with Gasteiger partial charge in [0.1, 0.15) is 0 Å². The summed E-state index contributed by atoms with van der Waals surface area (Å²) in [5.74, 6) is 0. The number of nitrogens with zero attached hydrogens (tertiary/aromatic N) is 4. The Balaban J connectivity index is 1.53. The SMILES string of the molecule is [C-]#[N+]c1ccc(-n2c3ccc(-n4c5ccccc5c5ccccc54)cc3c3c4ccccc4ccc32)c(C#N)c1. The molecule has 0 aliphatic rings. The van der Waals surface area contributed by atoms with Gasteiger partial charge in [-0.05, 0) is 59.3 Å². The molecule has 0 saturated carbocycles. The first-order chi connectivity index (χ1) is 19.8. The molecule has 4 heteroatoms. The second kappa shape index (κ2) is 8.33. The van der Waals surface area contributed by atoms with Gasteiger partial charge in [0, 0.05) is 27.2 Å². The summed E-state index contributed by atoms with van der Waals surface area (Å²) in [5, 5.41) is 17.1. The van der Waals surface area contributed by atoms with Crippen LogP contribution < -0.4 is 0 Å². The smallest absolute Gasteiger partial charge is 0.188 e. The van der Waals surface area contributed by atoms with Crippen LogP contribution in [0.25, 0.3) is 70.6 Å². The number of aromatic nitrogens is 2. The second-order valence-electron chi connectivity index (χ2n) is 10.0. The van der Waals surface area contributed by atoms with Gasteiger partial charge in [-0.1, -0.05) is 72.8 Å². The van der Waals surface area contributed by atoms with E-state index in [0.717, 1.165) is 44.2 Å². The van der Waals surface area contributed by atoms with E-state index in [1.165, 1.54) is 21.5 Å². The third kappa shape index (κ3) is 2.99. The number of nitriles is 1. The van der Waals surface area contributed by atoms with Gasteiger partial charge >= 0.3 is 0 Å². The van der Waals surface area contributed by atoms with Crippen LogP contribution in [0.4, 0.5) is 5.69 Å². The normalized spacial score (nSPS) is 11.4. The molecule has 0 fully saturated rings. The van der Waals surface area contributed by atoms with Gasteiger partial charge in [0.05, 0.1) is 46.0 Å². The highest BCUT2D eigenvalue weighted by atomic mass is 15.0. The fourth-order valence-corrected chi connectivity index (χ4v) is 6.26. The van der Waals surface area contributed by atoms with Gasteiger partial charge < -0.3 is 9.13 Å². The average molecular weight is 509 g/mol. The predicted octanol–water partition coefficient (Wildman–Crippen LogP) is 9.46. The van der Waals surface area contributed by atoms with Gasteiger partial charge in [0.2, 0.25) is 0 Å². The Hall–Kier alpha value is -5.84. The molecule has 0 bridgehead atoms. The Morgan fingerprint density at radius 2 is 1.23 bits per heavy atom. The van der Waals surface area contributed by atoms with Crippen molar-refractivity contribution in [3.05, 3.63) is 138 Å². The third-order valence-corrected chi connectivity index (χ3v) is 7.95. The number of fused-ring (bicyclic) bond motifs is 8. The van der Waals surface area contributed by atoms with Crippen LogP contribution in [0.3, 0.4) is 0 Å². The lowest BCUT2D eigenvalue weighted by Gasteiger charge is -2.11. The van der Waals surface area contributed by atoms with E-state index in [4.69, 9.17) is 6.57 Å². The minimum Gasteiger partial charge on any atom is -0.309 e. The molecule has 0 spiro atoms. The van der Waals surface area contributed by atoms with Crippen molar-refractivity contribution in [1.82, 2.24) is 9.13 Å². The quantitative estimate of drug-likeness (QED) is 0.214. The first-order valence-corrected chi connectivity index (χ1v) is 13.1. The van der Waals surface area contributed by atoms with Gasteiger partial charge in [-0.15, -0.1) is 0 Å². The Bertz CT molecular complexity index is 2350.